The number of aromatic nitrogens is 1. The second-order valence-electron chi connectivity index (χ2n) is 4.07. The lowest BCUT2D eigenvalue weighted by atomic mass is 10.0. The van der Waals surface area contributed by atoms with Gasteiger partial charge in [-0.3, -0.25) is 4.98 Å². The number of rotatable bonds is 4. The number of aliphatic hydroxyl groups is 1. The fraction of sp³-hybridized carbons (Fsp3) is 0.214. The Kier molecular flexibility index (Phi) is 4.80. The number of pyridine rings is 1. The van der Waals surface area contributed by atoms with Crippen molar-refractivity contribution in [3.8, 4) is 5.75 Å². The highest BCUT2D eigenvalue weighted by atomic mass is 79.9. The number of hydrogen-bond donors (Lipinski definition) is 1. The van der Waals surface area contributed by atoms with E-state index in [1.807, 2.05) is 18.2 Å². The van der Waals surface area contributed by atoms with Crippen molar-refractivity contribution in [1.29, 1.82) is 0 Å². The zero-order valence-corrected chi connectivity index (χ0v) is 12.6. The molecule has 5 heteroatoms. The average molecular weight is 343 g/mol. The lowest BCUT2D eigenvalue weighted by molar-refractivity contribution is 0.174. The first kappa shape index (κ1) is 14.3. The van der Waals surface area contributed by atoms with Crippen molar-refractivity contribution in [2.45, 2.75) is 12.5 Å². The third-order valence-electron chi connectivity index (χ3n) is 2.82. The van der Waals surface area contributed by atoms with E-state index in [1.54, 1.807) is 25.6 Å². The fourth-order valence-electron chi connectivity index (χ4n) is 1.85. The Hall–Kier alpha value is -1.10. The maximum Gasteiger partial charge on any atom is 0.124 e. The Morgan fingerprint density at radius 2 is 2.21 bits per heavy atom. The van der Waals surface area contributed by atoms with Gasteiger partial charge in [-0.05, 0) is 29.8 Å². The second kappa shape index (κ2) is 6.37. The number of methoxy groups -OCH3 is 1. The quantitative estimate of drug-likeness (QED) is 0.919. The van der Waals surface area contributed by atoms with Gasteiger partial charge in [0.05, 0.1) is 18.2 Å². The fourth-order valence-corrected chi connectivity index (χ4v) is 2.43. The summed E-state index contributed by atoms with van der Waals surface area (Å²) in [6.45, 7) is 0. The van der Waals surface area contributed by atoms with Gasteiger partial charge in [0, 0.05) is 28.9 Å². The molecule has 0 radical (unpaired) electrons. The van der Waals surface area contributed by atoms with Gasteiger partial charge in [0.2, 0.25) is 0 Å². The van der Waals surface area contributed by atoms with Gasteiger partial charge in [-0.15, -0.1) is 0 Å². The zero-order chi connectivity index (χ0) is 13.8. The lowest BCUT2D eigenvalue weighted by Crippen LogP contribution is -2.05. The summed E-state index contributed by atoms with van der Waals surface area (Å²) in [5.41, 5.74) is 1.58. The molecule has 1 atom stereocenters. The van der Waals surface area contributed by atoms with E-state index in [0.29, 0.717) is 17.2 Å². The summed E-state index contributed by atoms with van der Waals surface area (Å²) in [7, 11) is 1.58. The van der Waals surface area contributed by atoms with Gasteiger partial charge in [-0.2, -0.15) is 0 Å². The van der Waals surface area contributed by atoms with Gasteiger partial charge in [-0.1, -0.05) is 27.5 Å². The summed E-state index contributed by atoms with van der Waals surface area (Å²) in [6.07, 6.45) is 2.95. The molecule has 0 fully saturated rings. The predicted molar refractivity (Wildman–Crippen MR) is 78.6 cm³/mol. The van der Waals surface area contributed by atoms with E-state index in [1.165, 1.54) is 0 Å². The van der Waals surface area contributed by atoms with Gasteiger partial charge in [0.1, 0.15) is 5.75 Å². The second-order valence-corrected chi connectivity index (χ2v) is 5.40. The van der Waals surface area contributed by atoms with Gasteiger partial charge in [0.25, 0.3) is 0 Å². The number of halogens is 2. The number of aliphatic hydroxyl groups excluding tert-OH is 1. The summed E-state index contributed by atoms with van der Waals surface area (Å²) in [6, 6.07) is 7.33. The number of nitrogens with zero attached hydrogens (tertiary/aromatic N) is 1. The van der Waals surface area contributed by atoms with E-state index in [-0.39, 0.29) is 0 Å². The molecule has 0 aliphatic rings. The molecule has 1 unspecified atom stereocenters. The third kappa shape index (κ3) is 3.47. The summed E-state index contributed by atoms with van der Waals surface area (Å²) >= 11 is 9.44. The molecule has 1 aromatic carbocycles. The molecule has 0 saturated carbocycles. The number of hydrogen-bond acceptors (Lipinski definition) is 3. The standard InChI is InChI=1S/C14H13BrClNO2/c1-19-14-3-2-10(15)7-11(14)13(18)6-9-4-5-17-8-12(9)16/h2-5,7-8,13,18H,6H2,1H3. The Balaban J connectivity index is 2.27. The first-order valence-corrected chi connectivity index (χ1v) is 6.89. The highest BCUT2D eigenvalue weighted by Crippen LogP contribution is 2.31. The van der Waals surface area contributed by atoms with E-state index in [9.17, 15) is 5.11 Å². The van der Waals surface area contributed by atoms with Crippen molar-refractivity contribution in [2.75, 3.05) is 7.11 Å². The minimum Gasteiger partial charge on any atom is -0.496 e. The Morgan fingerprint density at radius 3 is 2.89 bits per heavy atom. The van der Waals surface area contributed by atoms with Crippen LogP contribution in [-0.2, 0) is 6.42 Å². The Labute approximate surface area is 125 Å². The van der Waals surface area contributed by atoms with Crippen molar-refractivity contribution in [3.05, 3.63) is 57.3 Å². The Morgan fingerprint density at radius 1 is 1.42 bits per heavy atom. The summed E-state index contributed by atoms with van der Waals surface area (Å²) in [5, 5.41) is 10.9. The van der Waals surface area contributed by atoms with Crippen LogP contribution in [0.15, 0.2) is 41.1 Å². The van der Waals surface area contributed by atoms with E-state index in [0.717, 1.165) is 15.6 Å². The SMILES string of the molecule is COc1ccc(Br)cc1C(O)Cc1ccncc1Cl. The molecule has 1 heterocycles. The molecule has 1 N–H and O–H groups in total. The average Bonchev–Trinajstić information content (AvgIpc) is 2.41. The minimum atomic E-state index is -0.688. The van der Waals surface area contributed by atoms with Crippen LogP contribution in [0.3, 0.4) is 0 Å². The zero-order valence-electron chi connectivity index (χ0n) is 10.3. The molecule has 1 aromatic heterocycles. The molecule has 0 amide bonds. The topological polar surface area (TPSA) is 42.4 Å². The minimum absolute atomic E-state index is 0.411. The van der Waals surface area contributed by atoms with Crippen LogP contribution in [0.4, 0.5) is 0 Å². The highest BCUT2D eigenvalue weighted by Gasteiger charge is 2.15. The van der Waals surface area contributed by atoms with Crippen LogP contribution in [0.5, 0.6) is 5.75 Å². The lowest BCUT2D eigenvalue weighted by Gasteiger charge is -2.15. The van der Waals surface area contributed by atoms with Crippen molar-refractivity contribution in [3.63, 3.8) is 0 Å². The van der Waals surface area contributed by atoms with Crippen molar-refractivity contribution in [2.24, 2.45) is 0 Å². The van der Waals surface area contributed by atoms with Gasteiger partial charge < -0.3 is 9.84 Å². The molecule has 19 heavy (non-hydrogen) atoms. The summed E-state index contributed by atoms with van der Waals surface area (Å²) in [5.74, 6) is 0.654. The van der Waals surface area contributed by atoms with Gasteiger partial charge in [0.15, 0.2) is 0 Å². The van der Waals surface area contributed by atoms with Gasteiger partial charge in [-0.25, -0.2) is 0 Å². The van der Waals surface area contributed by atoms with Crippen LogP contribution in [0.2, 0.25) is 5.02 Å². The Bertz CT molecular complexity index is 577. The molecule has 0 saturated heterocycles. The molecule has 0 aliphatic heterocycles. The van der Waals surface area contributed by atoms with Crippen LogP contribution in [-0.4, -0.2) is 17.2 Å². The highest BCUT2D eigenvalue weighted by molar-refractivity contribution is 9.10. The van der Waals surface area contributed by atoms with Crippen LogP contribution < -0.4 is 4.74 Å². The maximum absolute atomic E-state index is 10.4. The molecule has 3 nitrogen and oxygen atoms in total. The monoisotopic (exact) mass is 341 g/mol. The number of benzene rings is 1. The molecule has 2 aromatic rings. The van der Waals surface area contributed by atoms with Crippen molar-refractivity contribution < 1.29 is 9.84 Å². The van der Waals surface area contributed by atoms with Crippen LogP contribution in [0.25, 0.3) is 0 Å². The first-order chi connectivity index (χ1) is 9.11. The molecule has 0 spiro atoms. The van der Waals surface area contributed by atoms with E-state index in [2.05, 4.69) is 20.9 Å². The molecule has 2 rings (SSSR count). The number of ether oxygens (including phenoxy) is 1. The largest absolute Gasteiger partial charge is 0.496 e. The molecule has 0 aliphatic carbocycles. The molecular weight excluding hydrogens is 330 g/mol. The van der Waals surface area contributed by atoms with Crippen LogP contribution >= 0.6 is 27.5 Å². The summed E-state index contributed by atoms with van der Waals surface area (Å²) in [4.78, 5) is 3.93. The van der Waals surface area contributed by atoms with E-state index < -0.39 is 6.10 Å². The van der Waals surface area contributed by atoms with E-state index >= 15 is 0 Å². The van der Waals surface area contributed by atoms with Crippen molar-refractivity contribution >= 4 is 27.5 Å². The maximum atomic E-state index is 10.4. The van der Waals surface area contributed by atoms with Gasteiger partial charge >= 0.3 is 0 Å². The predicted octanol–water partition coefficient (Wildman–Crippen LogP) is 3.78. The molecular formula is C14H13BrClNO2. The van der Waals surface area contributed by atoms with Crippen LogP contribution in [0, 0.1) is 0 Å². The first-order valence-electron chi connectivity index (χ1n) is 5.71. The summed E-state index contributed by atoms with van der Waals surface area (Å²) < 4.78 is 6.16. The smallest absolute Gasteiger partial charge is 0.124 e. The molecule has 100 valence electrons. The van der Waals surface area contributed by atoms with Crippen molar-refractivity contribution in [1.82, 2.24) is 4.98 Å². The third-order valence-corrected chi connectivity index (χ3v) is 3.65. The normalized spacial score (nSPS) is 12.2. The molecule has 0 bridgehead atoms. The van der Waals surface area contributed by atoms with Crippen LogP contribution in [0.1, 0.15) is 17.2 Å². The van der Waals surface area contributed by atoms with E-state index in [4.69, 9.17) is 16.3 Å².